The molecule has 1 saturated heterocycles. The van der Waals surface area contributed by atoms with Crippen molar-refractivity contribution in [2.24, 2.45) is 5.92 Å². The van der Waals surface area contributed by atoms with Crippen LogP contribution in [0.1, 0.15) is 32.3 Å². The Kier molecular flexibility index (Phi) is 6.54. The molecule has 0 radical (unpaired) electrons. The number of benzene rings is 2. The van der Waals surface area contributed by atoms with Crippen LogP contribution in [0.15, 0.2) is 30.3 Å². The summed E-state index contributed by atoms with van der Waals surface area (Å²) in [6.07, 6.45) is 1.47. The summed E-state index contributed by atoms with van der Waals surface area (Å²) >= 11 is 6.27. The summed E-state index contributed by atoms with van der Waals surface area (Å²) in [7, 11) is 3.25. The largest absolute Gasteiger partial charge is 0.496 e. The van der Waals surface area contributed by atoms with Crippen LogP contribution in [0.2, 0.25) is 5.02 Å². The first-order chi connectivity index (χ1) is 15.3. The number of nitrogens with zero attached hydrogens (tertiary/aromatic N) is 1. The second-order valence-electron chi connectivity index (χ2n) is 8.92. The Hall–Kier alpha value is -2.44. The Bertz CT molecular complexity index is 1010. The van der Waals surface area contributed by atoms with Crippen molar-refractivity contribution >= 4 is 17.5 Å². The molecule has 0 spiro atoms. The molecule has 0 saturated carbocycles. The van der Waals surface area contributed by atoms with Crippen LogP contribution in [0, 0.1) is 5.92 Å². The molecule has 1 atom stereocenters. The van der Waals surface area contributed by atoms with E-state index in [0.717, 1.165) is 29.5 Å². The van der Waals surface area contributed by atoms with Gasteiger partial charge < -0.3 is 23.8 Å². The summed E-state index contributed by atoms with van der Waals surface area (Å²) in [5.41, 5.74) is 2.37. The van der Waals surface area contributed by atoms with Crippen molar-refractivity contribution in [3.8, 4) is 28.4 Å². The SMILES string of the molecule is COc1ccc(Cl)cc1-c1cc2c(c(OC)c1)OCCN(C(=O)C1CCOC(C)(C)C1)C2. The van der Waals surface area contributed by atoms with Gasteiger partial charge in [-0.15, -0.1) is 0 Å². The van der Waals surface area contributed by atoms with Crippen molar-refractivity contribution < 1.29 is 23.7 Å². The van der Waals surface area contributed by atoms with E-state index >= 15 is 0 Å². The Labute approximate surface area is 194 Å². The molecule has 0 bridgehead atoms. The third-order valence-corrected chi connectivity index (χ3v) is 6.39. The van der Waals surface area contributed by atoms with Crippen LogP contribution in [-0.2, 0) is 16.1 Å². The van der Waals surface area contributed by atoms with E-state index in [1.165, 1.54) is 0 Å². The maximum Gasteiger partial charge on any atom is 0.226 e. The topological polar surface area (TPSA) is 57.2 Å². The number of amides is 1. The average Bonchev–Trinajstić information content (AvgIpc) is 2.99. The van der Waals surface area contributed by atoms with E-state index in [9.17, 15) is 4.79 Å². The molecule has 2 aromatic rings. The zero-order chi connectivity index (χ0) is 22.9. The molecule has 0 N–H and O–H groups in total. The van der Waals surface area contributed by atoms with E-state index in [0.29, 0.717) is 48.6 Å². The van der Waals surface area contributed by atoms with Gasteiger partial charge in [-0.3, -0.25) is 4.79 Å². The fraction of sp³-hybridized carbons (Fsp3) is 0.480. The van der Waals surface area contributed by atoms with Crippen molar-refractivity contribution in [3.63, 3.8) is 0 Å². The molecule has 7 heteroatoms. The maximum atomic E-state index is 13.4. The molecular weight excluding hydrogens is 430 g/mol. The summed E-state index contributed by atoms with van der Waals surface area (Å²) in [6, 6.07) is 9.46. The smallest absolute Gasteiger partial charge is 0.226 e. The predicted molar refractivity (Wildman–Crippen MR) is 124 cm³/mol. The Morgan fingerprint density at radius 1 is 1.12 bits per heavy atom. The Morgan fingerprint density at radius 3 is 2.62 bits per heavy atom. The molecule has 172 valence electrons. The highest BCUT2D eigenvalue weighted by Gasteiger charge is 2.36. The highest BCUT2D eigenvalue weighted by molar-refractivity contribution is 6.31. The lowest BCUT2D eigenvalue weighted by Crippen LogP contribution is -2.43. The van der Waals surface area contributed by atoms with Gasteiger partial charge in [0.1, 0.15) is 12.4 Å². The average molecular weight is 460 g/mol. The van der Waals surface area contributed by atoms with Crippen LogP contribution < -0.4 is 14.2 Å². The predicted octanol–water partition coefficient (Wildman–Crippen LogP) is 4.95. The molecule has 1 unspecified atom stereocenters. The number of ether oxygens (including phenoxy) is 4. The number of carbonyl (C=O) groups is 1. The third-order valence-electron chi connectivity index (χ3n) is 6.15. The summed E-state index contributed by atoms with van der Waals surface area (Å²) in [5, 5.41) is 0.616. The Morgan fingerprint density at radius 2 is 1.91 bits per heavy atom. The number of rotatable bonds is 4. The molecule has 4 rings (SSSR count). The van der Waals surface area contributed by atoms with Gasteiger partial charge in [-0.1, -0.05) is 11.6 Å². The molecule has 1 amide bonds. The van der Waals surface area contributed by atoms with Crippen LogP contribution >= 0.6 is 11.6 Å². The molecule has 2 aliphatic rings. The van der Waals surface area contributed by atoms with E-state index < -0.39 is 0 Å². The van der Waals surface area contributed by atoms with Crippen molar-refractivity contribution in [1.82, 2.24) is 4.90 Å². The number of hydrogen-bond donors (Lipinski definition) is 0. The van der Waals surface area contributed by atoms with Gasteiger partial charge in [-0.2, -0.15) is 0 Å². The number of halogens is 1. The van der Waals surface area contributed by atoms with Gasteiger partial charge in [0.25, 0.3) is 0 Å². The first-order valence-corrected chi connectivity index (χ1v) is 11.3. The summed E-state index contributed by atoms with van der Waals surface area (Å²) in [4.78, 5) is 15.3. The molecule has 2 heterocycles. The van der Waals surface area contributed by atoms with Crippen molar-refractivity contribution in [2.75, 3.05) is 34.0 Å². The van der Waals surface area contributed by atoms with Gasteiger partial charge >= 0.3 is 0 Å². The molecule has 2 aliphatic heterocycles. The molecule has 0 aromatic heterocycles. The molecule has 2 aromatic carbocycles. The quantitative estimate of drug-likeness (QED) is 0.647. The first kappa shape index (κ1) is 22.7. The third kappa shape index (κ3) is 4.66. The minimum atomic E-state index is -0.279. The number of hydrogen-bond acceptors (Lipinski definition) is 5. The van der Waals surface area contributed by atoms with Crippen LogP contribution in [0.3, 0.4) is 0 Å². The standard InChI is InChI=1S/C25H30ClNO5/c1-25(2)14-16(7-9-32-25)24(28)27-8-10-31-23-18(15-27)11-17(12-22(23)30-4)20-13-19(26)5-6-21(20)29-3/h5-6,11-13,16H,7-10,14-15H2,1-4H3. The monoisotopic (exact) mass is 459 g/mol. The number of carbonyl (C=O) groups excluding carboxylic acids is 1. The highest BCUT2D eigenvalue weighted by Crippen LogP contribution is 2.42. The van der Waals surface area contributed by atoms with Gasteiger partial charge in [-0.25, -0.2) is 0 Å². The zero-order valence-electron chi connectivity index (χ0n) is 19.1. The minimum Gasteiger partial charge on any atom is -0.496 e. The van der Waals surface area contributed by atoms with Gasteiger partial charge in [0.15, 0.2) is 11.5 Å². The molecule has 1 fully saturated rings. The number of methoxy groups -OCH3 is 2. The molecule has 32 heavy (non-hydrogen) atoms. The zero-order valence-corrected chi connectivity index (χ0v) is 19.8. The van der Waals surface area contributed by atoms with E-state index in [2.05, 4.69) is 0 Å². The maximum absolute atomic E-state index is 13.4. The fourth-order valence-electron chi connectivity index (χ4n) is 4.59. The van der Waals surface area contributed by atoms with Crippen molar-refractivity contribution in [3.05, 3.63) is 40.9 Å². The van der Waals surface area contributed by atoms with Crippen molar-refractivity contribution in [2.45, 2.75) is 38.8 Å². The lowest BCUT2D eigenvalue weighted by molar-refractivity contribution is -0.146. The summed E-state index contributed by atoms with van der Waals surface area (Å²) < 4.78 is 23.1. The lowest BCUT2D eigenvalue weighted by Gasteiger charge is -2.36. The lowest BCUT2D eigenvalue weighted by atomic mass is 9.87. The fourth-order valence-corrected chi connectivity index (χ4v) is 4.76. The first-order valence-electron chi connectivity index (χ1n) is 10.9. The van der Waals surface area contributed by atoms with Crippen LogP contribution in [0.4, 0.5) is 0 Å². The molecular formula is C25H30ClNO5. The van der Waals surface area contributed by atoms with Crippen LogP contribution in [-0.4, -0.2) is 50.4 Å². The minimum absolute atomic E-state index is 0.0431. The van der Waals surface area contributed by atoms with Gasteiger partial charge in [0.05, 0.1) is 26.4 Å². The van der Waals surface area contributed by atoms with Gasteiger partial charge in [0, 0.05) is 35.2 Å². The normalized spacial score (nSPS) is 20.0. The van der Waals surface area contributed by atoms with E-state index in [4.69, 9.17) is 30.5 Å². The van der Waals surface area contributed by atoms with E-state index in [1.54, 1.807) is 20.3 Å². The highest BCUT2D eigenvalue weighted by atomic mass is 35.5. The van der Waals surface area contributed by atoms with Crippen LogP contribution in [0.5, 0.6) is 17.2 Å². The van der Waals surface area contributed by atoms with E-state index in [1.807, 2.05) is 43.0 Å². The molecule has 6 nitrogen and oxygen atoms in total. The van der Waals surface area contributed by atoms with Crippen molar-refractivity contribution in [1.29, 1.82) is 0 Å². The summed E-state index contributed by atoms with van der Waals surface area (Å²) in [5.74, 6) is 2.13. The van der Waals surface area contributed by atoms with Gasteiger partial charge in [0.2, 0.25) is 5.91 Å². The summed E-state index contributed by atoms with van der Waals surface area (Å²) in [6.45, 7) is 6.10. The van der Waals surface area contributed by atoms with E-state index in [-0.39, 0.29) is 17.4 Å². The van der Waals surface area contributed by atoms with Crippen LogP contribution in [0.25, 0.3) is 11.1 Å². The second kappa shape index (κ2) is 9.20. The number of fused-ring (bicyclic) bond motifs is 1. The Balaban J connectivity index is 1.68. The molecule has 0 aliphatic carbocycles. The van der Waals surface area contributed by atoms with Gasteiger partial charge in [-0.05, 0) is 62.6 Å². The second-order valence-corrected chi connectivity index (χ2v) is 9.35.